The highest BCUT2D eigenvalue weighted by molar-refractivity contribution is 7.12. The average Bonchev–Trinajstić information content (AvgIpc) is 2.92. The van der Waals surface area contributed by atoms with Gasteiger partial charge in [-0.25, -0.2) is 0 Å². The van der Waals surface area contributed by atoms with Gasteiger partial charge in [-0.15, -0.1) is 11.3 Å². The Morgan fingerprint density at radius 2 is 2.33 bits per heavy atom. The number of rotatable bonds is 3. The molecule has 1 heterocycles. The van der Waals surface area contributed by atoms with E-state index in [9.17, 15) is 10.4 Å². The van der Waals surface area contributed by atoms with Crippen LogP contribution in [-0.4, -0.2) is 5.11 Å². The molecule has 0 bridgehead atoms. The van der Waals surface area contributed by atoms with Crippen molar-refractivity contribution in [3.63, 3.8) is 0 Å². The molecule has 1 aliphatic rings. The first kappa shape index (κ1) is 13.6. The predicted molar refractivity (Wildman–Crippen MR) is 74.4 cm³/mol. The SMILES string of the molecule is CCC1CCC(C#N)(C(O)c2cc(C)sc2C)C1. The summed E-state index contributed by atoms with van der Waals surface area (Å²) in [6.07, 6.45) is 3.23. The van der Waals surface area contributed by atoms with Gasteiger partial charge in [-0.1, -0.05) is 13.3 Å². The van der Waals surface area contributed by atoms with E-state index in [2.05, 4.69) is 19.9 Å². The maximum absolute atomic E-state index is 10.7. The molecule has 18 heavy (non-hydrogen) atoms. The maximum atomic E-state index is 10.7. The molecule has 98 valence electrons. The van der Waals surface area contributed by atoms with Gasteiger partial charge in [0.2, 0.25) is 0 Å². The van der Waals surface area contributed by atoms with Crippen molar-refractivity contribution in [3.05, 3.63) is 21.4 Å². The van der Waals surface area contributed by atoms with Gasteiger partial charge in [0, 0.05) is 9.75 Å². The van der Waals surface area contributed by atoms with Gasteiger partial charge < -0.3 is 5.11 Å². The summed E-state index contributed by atoms with van der Waals surface area (Å²) in [5.74, 6) is 0.597. The van der Waals surface area contributed by atoms with Crippen LogP contribution in [0.5, 0.6) is 0 Å². The van der Waals surface area contributed by atoms with Crippen LogP contribution >= 0.6 is 11.3 Å². The fourth-order valence-corrected chi connectivity index (χ4v) is 4.12. The van der Waals surface area contributed by atoms with Crippen LogP contribution in [0.2, 0.25) is 0 Å². The summed E-state index contributed by atoms with van der Waals surface area (Å²) >= 11 is 1.70. The van der Waals surface area contributed by atoms with E-state index in [0.717, 1.165) is 36.1 Å². The zero-order valence-electron chi connectivity index (χ0n) is 11.4. The van der Waals surface area contributed by atoms with Gasteiger partial charge in [0.15, 0.2) is 0 Å². The Balaban J connectivity index is 2.29. The van der Waals surface area contributed by atoms with Gasteiger partial charge in [-0.3, -0.25) is 0 Å². The Morgan fingerprint density at radius 1 is 1.61 bits per heavy atom. The average molecular weight is 263 g/mol. The van der Waals surface area contributed by atoms with Crippen molar-refractivity contribution in [2.75, 3.05) is 0 Å². The van der Waals surface area contributed by atoms with Crippen molar-refractivity contribution in [3.8, 4) is 6.07 Å². The van der Waals surface area contributed by atoms with E-state index in [1.165, 1.54) is 4.88 Å². The number of nitriles is 1. The minimum absolute atomic E-state index is 0.557. The molecule has 1 fully saturated rings. The van der Waals surface area contributed by atoms with Crippen LogP contribution in [0.4, 0.5) is 0 Å². The van der Waals surface area contributed by atoms with Crippen molar-refractivity contribution < 1.29 is 5.11 Å². The lowest BCUT2D eigenvalue weighted by Crippen LogP contribution is -2.24. The molecule has 2 rings (SSSR count). The fourth-order valence-electron chi connectivity index (χ4n) is 3.16. The molecule has 3 heteroatoms. The summed E-state index contributed by atoms with van der Waals surface area (Å²) in [6, 6.07) is 4.48. The topological polar surface area (TPSA) is 44.0 Å². The summed E-state index contributed by atoms with van der Waals surface area (Å²) in [4.78, 5) is 2.36. The molecule has 0 aliphatic heterocycles. The molecule has 1 aliphatic carbocycles. The lowest BCUT2D eigenvalue weighted by atomic mass is 9.78. The van der Waals surface area contributed by atoms with Crippen LogP contribution in [0.3, 0.4) is 0 Å². The summed E-state index contributed by atoms with van der Waals surface area (Å²) in [5, 5.41) is 20.2. The zero-order chi connectivity index (χ0) is 13.3. The van der Waals surface area contributed by atoms with Crippen molar-refractivity contribution in [2.24, 2.45) is 11.3 Å². The largest absolute Gasteiger partial charge is 0.387 e. The van der Waals surface area contributed by atoms with E-state index in [1.807, 2.05) is 13.0 Å². The van der Waals surface area contributed by atoms with Crippen LogP contribution in [-0.2, 0) is 0 Å². The number of aliphatic hydroxyl groups excluding tert-OH is 1. The van der Waals surface area contributed by atoms with Gasteiger partial charge in [0.05, 0.1) is 17.6 Å². The summed E-state index contributed by atoms with van der Waals surface area (Å²) in [6.45, 7) is 6.26. The van der Waals surface area contributed by atoms with Gasteiger partial charge in [0.1, 0.15) is 0 Å². The van der Waals surface area contributed by atoms with Crippen molar-refractivity contribution in [1.29, 1.82) is 5.26 Å². The van der Waals surface area contributed by atoms with Crippen LogP contribution in [0, 0.1) is 36.5 Å². The molecule has 0 radical (unpaired) electrons. The monoisotopic (exact) mass is 263 g/mol. The zero-order valence-corrected chi connectivity index (χ0v) is 12.2. The molecule has 1 aromatic heterocycles. The minimum atomic E-state index is -0.621. The number of thiophene rings is 1. The minimum Gasteiger partial charge on any atom is -0.387 e. The molecular formula is C15H21NOS. The summed E-state index contributed by atoms with van der Waals surface area (Å²) in [5.41, 5.74) is 0.412. The highest BCUT2D eigenvalue weighted by Gasteiger charge is 2.45. The van der Waals surface area contributed by atoms with E-state index in [4.69, 9.17) is 0 Å². The van der Waals surface area contributed by atoms with E-state index < -0.39 is 11.5 Å². The van der Waals surface area contributed by atoms with Crippen LogP contribution in [0.25, 0.3) is 0 Å². The van der Waals surface area contributed by atoms with Crippen molar-refractivity contribution >= 4 is 11.3 Å². The molecule has 0 spiro atoms. The molecule has 0 aromatic carbocycles. The summed E-state index contributed by atoms with van der Waals surface area (Å²) in [7, 11) is 0. The Morgan fingerprint density at radius 3 is 2.78 bits per heavy atom. The second kappa shape index (κ2) is 5.03. The number of hydrogen-bond acceptors (Lipinski definition) is 3. The predicted octanol–water partition coefficient (Wildman–Crippen LogP) is 4.12. The Labute approximate surface area is 113 Å². The second-order valence-corrected chi connectivity index (χ2v) is 7.02. The number of aryl methyl sites for hydroxylation is 2. The highest BCUT2D eigenvalue weighted by atomic mass is 32.1. The van der Waals surface area contributed by atoms with Crippen LogP contribution in [0.15, 0.2) is 6.07 Å². The molecular weight excluding hydrogens is 242 g/mol. The van der Waals surface area contributed by atoms with Gasteiger partial charge >= 0.3 is 0 Å². The molecule has 3 unspecified atom stereocenters. The maximum Gasteiger partial charge on any atom is 0.0987 e. The first-order chi connectivity index (χ1) is 8.52. The number of aliphatic hydroxyl groups is 1. The van der Waals surface area contributed by atoms with Crippen LogP contribution in [0.1, 0.15) is 54.0 Å². The third kappa shape index (κ3) is 2.20. The summed E-state index contributed by atoms with van der Waals surface area (Å²) < 4.78 is 0. The number of hydrogen-bond donors (Lipinski definition) is 1. The van der Waals surface area contributed by atoms with Crippen molar-refractivity contribution in [1.82, 2.24) is 0 Å². The van der Waals surface area contributed by atoms with E-state index in [1.54, 1.807) is 11.3 Å². The molecule has 0 saturated heterocycles. The third-order valence-corrected chi connectivity index (χ3v) is 5.33. The molecule has 0 amide bonds. The second-order valence-electron chi connectivity index (χ2n) is 5.56. The van der Waals surface area contributed by atoms with Gasteiger partial charge in [-0.05, 0) is 50.7 Å². The lowest BCUT2D eigenvalue weighted by Gasteiger charge is -2.27. The Kier molecular flexibility index (Phi) is 3.79. The van der Waals surface area contributed by atoms with Gasteiger partial charge in [-0.2, -0.15) is 5.26 Å². The van der Waals surface area contributed by atoms with Crippen LogP contribution < -0.4 is 0 Å². The van der Waals surface area contributed by atoms with E-state index >= 15 is 0 Å². The molecule has 1 N–H and O–H groups in total. The Hall–Kier alpha value is -0.850. The van der Waals surface area contributed by atoms with Crippen molar-refractivity contribution in [2.45, 2.75) is 52.6 Å². The first-order valence-electron chi connectivity index (χ1n) is 6.68. The number of nitrogens with zero attached hydrogens (tertiary/aromatic N) is 1. The van der Waals surface area contributed by atoms with Gasteiger partial charge in [0.25, 0.3) is 0 Å². The smallest absolute Gasteiger partial charge is 0.0987 e. The Bertz CT molecular complexity index is 473. The molecule has 3 atom stereocenters. The molecule has 1 aromatic rings. The van der Waals surface area contributed by atoms with E-state index in [0.29, 0.717) is 5.92 Å². The fraction of sp³-hybridized carbons (Fsp3) is 0.667. The third-order valence-electron chi connectivity index (χ3n) is 4.35. The van der Waals surface area contributed by atoms with E-state index in [-0.39, 0.29) is 0 Å². The first-order valence-corrected chi connectivity index (χ1v) is 7.50. The standard InChI is InChI=1S/C15H21NOS/c1-4-12-5-6-15(8-12,9-16)14(17)13-7-10(2)18-11(13)3/h7,12,14,17H,4-6,8H2,1-3H3. The molecule has 2 nitrogen and oxygen atoms in total. The quantitative estimate of drug-likeness (QED) is 0.891. The normalized spacial score (nSPS) is 29.2. The highest BCUT2D eigenvalue weighted by Crippen LogP contribution is 2.51. The lowest BCUT2D eigenvalue weighted by molar-refractivity contribution is 0.0639. The molecule has 1 saturated carbocycles.